The molecule has 0 aromatic heterocycles. The highest BCUT2D eigenvalue weighted by molar-refractivity contribution is 8.26. The first kappa shape index (κ1) is 21.7. The lowest BCUT2D eigenvalue weighted by Crippen LogP contribution is -2.31. The molecule has 1 fully saturated rings. The van der Waals surface area contributed by atoms with Crippen LogP contribution in [0.2, 0.25) is 0 Å². The normalized spacial score (nSPS) is 15.0. The fraction of sp³-hybridized carbons (Fsp3) is 0.190. The summed E-state index contributed by atoms with van der Waals surface area (Å²) in [6.45, 7) is 2.18. The number of para-hydroxylation sites is 2. The average Bonchev–Trinajstić information content (AvgIpc) is 2.99. The number of thioether (sulfide) groups is 1. The third-order valence-corrected chi connectivity index (χ3v) is 5.87. The van der Waals surface area contributed by atoms with Crippen molar-refractivity contribution >= 4 is 57.6 Å². The van der Waals surface area contributed by atoms with Crippen LogP contribution in [0.1, 0.15) is 24.5 Å². The predicted octanol–water partition coefficient (Wildman–Crippen LogP) is 4.39. The van der Waals surface area contributed by atoms with Gasteiger partial charge in [-0.1, -0.05) is 67.3 Å². The molecule has 3 rings (SSSR count). The number of hydrogen-bond acceptors (Lipinski definition) is 6. The first-order chi connectivity index (χ1) is 14.4. The molecule has 1 aliphatic heterocycles. The zero-order chi connectivity index (χ0) is 21.7. The molecule has 1 aliphatic rings. The van der Waals surface area contributed by atoms with Crippen LogP contribution in [-0.2, 0) is 16.0 Å². The molecule has 2 aromatic rings. The number of nitrogens with one attached hydrogen (secondary N) is 1. The van der Waals surface area contributed by atoms with Crippen molar-refractivity contribution in [3.05, 3.63) is 74.7 Å². The Morgan fingerprint density at radius 1 is 1.23 bits per heavy atom. The zero-order valence-electron chi connectivity index (χ0n) is 16.2. The van der Waals surface area contributed by atoms with Crippen molar-refractivity contribution in [3.63, 3.8) is 0 Å². The highest BCUT2D eigenvalue weighted by atomic mass is 32.2. The van der Waals surface area contributed by atoms with Crippen LogP contribution in [0.15, 0.2) is 53.4 Å². The van der Waals surface area contributed by atoms with E-state index in [1.165, 1.54) is 40.4 Å². The Bertz CT molecular complexity index is 1030. The van der Waals surface area contributed by atoms with Gasteiger partial charge < -0.3 is 5.32 Å². The first-order valence-electron chi connectivity index (χ1n) is 9.26. The molecular formula is C21H19N3O4S2. The number of aryl methyl sites for hydroxylation is 1. The highest BCUT2D eigenvalue weighted by Gasteiger charge is 2.32. The van der Waals surface area contributed by atoms with Crippen molar-refractivity contribution in [2.24, 2.45) is 0 Å². The molecule has 0 unspecified atom stereocenters. The molecule has 7 nitrogen and oxygen atoms in total. The summed E-state index contributed by atoms with van der Waals surface area (Å²) >= 11 is 6.49. The van der Waals surface area contributed by atoms with Crippen molar-refractivity contribution in [1.29, 1.82) is 0 Å². The largest absolute Gasteiger partial charge is 0.320 e. The van der Waals surface area contributed by atoms with E-state index in [2.05, 4.69) is 12.2 Å². The van der Waals surface area contributed by atoms with Gasteiger partial charge in [-0.25, -0.2) is 0 Å². The van der Waals surface area contributed by atoms with Gasteiger partial charge in [-0.3, -0.25) is 24.6 Å². The lowest BCUT2D eigenvalue weighted by Gasteiger charge is -2.14. The molecule has 0 saturated carbocycles. The molecule has 30 heavy (non-hydrogen) atoms. The second-order valence-electron chi connectivity index (χ2n) is 6.50. The molecular weight excluding hydrogens is 422 g/mol. The molecule has 2 aromatic carbocycles. The van der Waals surface area contributed by atoms with Crippen LogP contribution < -0.4 is 5.32 Å². The number of carbonyl (C=O) groups excluding carboxylic acids is 2. The molecule has 0 spiro atoms. The fourth-order valence-corrected chi connectivity index (χ4v) is 4.17. The molecule has 0 aliphatic carbocycles. The number of nitro groups is 1. The first-order valence-corrected chi connectivity index (χ1v) is 10.5. The number of amides is 2. The van der Waals surface area contributed by atoms with Crippen LogP contribution in [0.3, 0.4) is 0 Å². The Hall–Kier alpha value is -3.04. The monoisotopic (exact) mass is 441 g/mol. The SMILES string of the molecule is CCc1ccc(/C=C2/SC(=S)N(CCC(=O)Nc3ccccc3[N+](=O)[O-])C2=O)cc1. The van der Waals surface area contributed by atoms with Gasteiger partial charge in [0.1, 0.15) is 10.0 Å². The molecule has 2 amide bonds. The molecule has 9 heteroatoms. The van der Waals surface area contributed by atoms with Crippen molar-refractivity contribution in [2.45, 2.75) is 19.8 Å². The lowest BCUT2D eigenvalue weighted by atomic mass is 10.1. The maximum absolute atomic E-state index is 12.7. The van der Waals surface area contributed by atoms with E-state index in [-0.39, 0.29) is 30.2 Å². The lowest BCUT2D eigenvalue weighted by molar-refractivity contribution is -0.383. The molecule has 0 radical (unpaired) electrons. The molecule has 1 N–H and O–H groups in total. The summed E-state index contributed by atoms with van der Waals surface area (Å²) < 4.78 is 0.384. The van der Waals surface area contributed by atoms with Gasteiger partial charge in [-0.15, -0.1) is 0 Å². The standard InChI is InChI=1S/C21H19N3O4S2/c1-2-14-7-9-15(10-8-14)13-18-20(26)23(21(29)30-18)12-11-19(25)22-16-5-3-4-6-17(16)24(27)28/h3-10,13H,2,11-12H2,1H3,(H,22,25)/b18-13+. The van der Waals surface area contributed by atoms with Gasteiger partial charge >= 0.3 is 0 Å². The van der Waals surface area contributed by atoms with Gasteiger partial charge in [0.2, 0.25) is 5.91 Å². The van der Waals surface area contributed by atoms with E-state index in [0.717, 1.165) is 12.0 Å². The molecule has 0 atom stereocenters. The van der Waals surface area contributed by atoms with Crippen LogP contribution in [0.25, 0.3) is 6.08 Å². The minimum Gasteiger partial charge on any atom is -0.320 e. The van der Waals surface area contributed by atoms with Crippen LogP contribution >= 0.6 is 24.0 Å². The van der Waals surface area contributed by atoms with Crippen molar-refractivity contribution in [1.82, 2.24) is 4.90 Å². The molecule has 1 saturated heterocycles. The number of carbonyl (C=O) groups is 2. The molecule has 0 bridgehead atoms. The molecule has 1 heterocycles. The van der Waals surface area contributed by atoms with E-state index in [1.807, 2.05) is 24.3 Å². The third kappa shape index (κ3) is 5.11. The minimum absolute atomic E-state index is 0.0308. The van der Waals surface area contributed by atoms with Gasteiger partial charge in [0.15, 0.2) is 0 Å². The van der Waals surface area contributed by atoms with Gasteiger partial charge in [0, 0.05) is 19.0 Å². The van der Waals surface area contributed by atoms with Crippen LogP contribution in [-0.4, -0.2) is 32.5 Å². The Balaban J connectivity index is 1.62. The fourth-order valence-electron chi connectivity index (χ4n) is 2.86. The van der Waals surface area contributed by atoms with Crippen LogP contribution in [0.4, 0.5) is 11.4 Å². The minimum atomic E-state index is -0.560. The smallest absolute Gasteiger partial charge is 0.292 e. The van der Waals surface area contributed by atoms with Crippen molar-refractivity contribution in [2.75, 3.05) is 11.9 Å². The summed E-state index contributed by atoms with van der Waals surface area (Å²) in [5.41, 5.74) is 2.05. The topological polar surface area (TPSA) is 92.6 Å². The number of rotatable bonds is 7. The van der Waals surface area contributed by atoms with Crippen LogP contribution in [0, 0.1) is 10.1 Å². The van der Waals surface area contributed by atoms with Crippen molar-refractivity contribution < 1.29 is 14.5 Å². The highest BCUT2D eigenvalue weighted by Crippen LogP contribution is 2.32. The average molecular weight is 442 g/mol. The number of thiocarbonyl (C=S) groups is 1. The Morgan fingerprint density at radius 3 is 2.60 bits per heavy atom. The predicted molar refractivity (Wildman–Crippen MR) is 122 cm³/mol. The number of nitro benzene ring substituents is 1. The summed E-state index contributed by atoms with van der Waals surface area (Å²) in [6.07, 6.45) is 2.69. The number of anilines is 1. The van der Waals surface area contributed by atoms with Gasteiger partial charge in [-0.05, 0) is 29.7 Å². The maximum atomic E-state index is 12.7. The van der Waals surface area contributed by atoms with Crippen molar-refractivity contribution in [3.8, 4) is 0 Å². The number of benzene rings is 2. The van der Waals surface area contributed by atoms with E-state index in [1.54, 1.807) is 12.1 Å². The van der Waals surface area contributed by atoms with Gasteiger partial charge in [-0.2, -0.15) is 0 Å². The van der Waals surface area contributed by atoms with E-state index in [4.69, 9.17) is 12.2 Å². The summed E-state index contributed by atoms with van der Waals surface area (Å²) in [7, 11) is 0. The van der Waals surface area contributed by atoms with Crippen LogP contribution in [0.5, 0.6) is 0 Å². The van der Waals surface area contributed by atoms with E-state index >= 15 is 0 Å². The summed E-state index contributed by atoms with van der Waals surface area (Å²) in [5, 5.41) is 13.6. The van der Waals surface area contributed by atoms with E-state index < -0.39 is 10.8 Å². The third-order valence-electron chi connectivity index (χ3n) is 4.50. The maximum Gasteiger partial charge on any atom is 0.292 e. The summed E-state index contributed by atoms with van der Waals surface area (Å²) in [4.78, 5) is 37.3. The summed E-state index contributed by atoms with van der Waals surface area (Å²) in [5.74, 6) is -0.680. The second-order valence-corrected chi connectivity index (χ2v) is 8.18. The van der Waals surface area contributed by atoms with Gasteiger partial charge in [0.05, 0.1) is 9.83 Å². The number of nitrogens with zero attached hydrogens (tertiary/aromatic N) is 2. The zero-order valence-corrected chi connectivity index (χ0v) is 17.8. The van der Waals surface area contributed by atoms with E-state index in [0.29, 0.717) is 9.23 Å². The van der Waals surface area contributed by atoms with E-state index in [9.17, 15) is 19.7 Å². The second kappa shape index (κ2) is 9.64. The molecule has 154 valence electrons. The Labute approximate surface area is 183 Å². The van der Waals surface area contributed by atoms with Gasteiger partial charge in [0.25, 0.3) is 11.6 Å². The quantitative estimate of drug-likeness (QED) is 0.297. The Kier molecular flexibility index (Phi) is 6.96. The summed E-state index contributed by atoms with van der Waals surface area (Å²) in [6, 6.07) is 13.8. The number of hydrogen-bond donors (Lipinski definition) is 1. The Morgan fingerprint density at radius 2 is 1.93 bits per heavy atom.